The van der Waals surface area contributed by atoms with Gasteiger partial charge < -0.3 is 15.3 Å². The molecule has 0 aliphatic carbocycles. The summed E-state index contributed by atoms with van der Waals surface area (Å²) in [6.45, 7) is 5.28. The number of benzene rings is 1. The van der Waals surface area contributed by atoms with Crippen molar-refractivity contribution in [1.82, 2.24) is 10.2 Å². The molecule has 0 radical (unpaired) electrons. The first-order chi connectivity index (χ1) is 9.30. The Labute approximate surface area is 123 Å². The first kappa shape index (κ1) is 16.3. The molecule has 110 valence electrons. The highest BCUT2D eigenvalue weighted by molar-refractivity contribution is 6.31. The van der Waals surface area contributed by atoms with E-state index >= 15 is 0 Å². The van der Waals surface area contributed by atoms with E-state index < -0.39 is 17.5 Å². The van der Waals surface area contributed by atoms with Crippen LogP contribution in [0.15, 0.2) is 24.3 Å². The molecule has 0 unspecified atom stereocenters. The Morgan fingerprint density at radius 3 is 2.45 bits per heavy atom. The summed E-state index contributed by atoms with van der Waals surface area (Å²) in [5, 5.41) is 12.4. The number of nitrogens with one attached hydrogen (secondary N) is 1. The SMILES string of the molecule is CCN(C(=O)NCc1ccccc1Cl)C(C)(C)C(=O)O. The standard InChI is InChI=1S/C14H19ClN2O3/c1-4-17(14(2,3)12(18)19)13(20)16-9-10-7-5-6-8-11(10)15/h5-8H,4,9H2,1-3H3,(H,16,20)(H,18,19). The van der Waals surface area contributed by atoms with Gasteiger partial charge in [-0.25, -0.2) is 9.59 Å². The number of nitrogens with zero attached hydrogens (tertiary/aromatic N) is 1. The smallest absolute Gasteiger partial charge is 0.329 e. The molecule has 0 saturated carbocycles. The topological polar surface area (TPSA) is 69.6 Å². The van der Waals surface area contributed by atoms with E-state index in [-0.39, 0.29) is 6.54 Å². The third kappa shape index (κ3) is 3.63. The number of amides is 2. The molecule has 1 aromatic carbocycles. The average Bonchev–Trinajstić information content (AvgIpc) is 2.38. The van der Waals surface area contributed by atoms with Gasteiger partial charge in [0.1, 0.15) is 5.54 Å². The summed E-state index contributed by atoms with van der Waals surface area (Å²) in [5.41, 5.74) is -0.481. The molecule has 0 aliphatic rings. The molecule has 20 heavy (non-hydrogen) atoms. The highest BCUT2D eigenvalue weighted by Crippen LogP contribution is 2.17. The van der Waals surface area contributed by atoms with E-state index in [1.54, 1.807) is 25.1 Å². The first-order valence-corrected chi connectivity index (χ1v) is 6.70. The van der Waals surface area contributed by atoms with Crippen LogP contribution in [0.4, 0.5) is 4.79 Å². The van der Waals surface area contributed by atoms with E-state index in [1.807, 2.05) is 6.07 Å². The van der Waals surface area contributed by atoms with Gasteiger partial charge in [0.2, 0.25) is 0 Å². The summed E-state index contributed by atoms with van der Waals surface area (Å²) < 4.78 is 0. The number of carboxylic acids is 1. The average molecular weight is 299 g/mol. The largest absolute Gasteiger partial charge is 0.480 e. The predicted molar refractivity (Wildman–Crippen MR) is 77.8 cm³/mol. The predicted octanol–water partition coefficient (Wildman–Crippen LogP) is 2.73. The van der Waals surface area contributed by atoms with Crippen LogP contribution >= 0.6 is 11.6 Å². The van der Waals surface area contributed by atoms with Crippen LogP contribution in [0.5, 0.6) is 0 Å². The molecule has 2 N–H and O–H groups in total. The number of hydrogen-bond acceptors (Lipinski definition) is 2. The zero-order valence-electron chi connectivity index (χ0n) is 11.8. The lowest BCUT2D eigenvalue weighted by Crippen LogP contribution is -2.55. The lowest BCUT2D eigenvalue weighted by Gasteiger charge is -2.34. The van der Waals surface area contributed by atoms with Crippen LogP contribution in [0.25, 0.3) is 0 Å². The molecule has 0 spiro atoms. The molecule has 0 atom stereocenters. The number of carboxylic acid groups (broad SMARTS) is 1. The fraction of sp³-hybridized carbons (Fsp3) is 0.429. The van der Waals surface area contributed by atoms with Gasteiger partial charge in [-0.2, -0.15) is 0 Å². The number of aliphatic carboxylic acids is 1. The maximum Gasteiger partial charge on any atom is 0.329 e. The second kappa shape index (κ2) is 6.61. The van der Waals surface area contributed by atoms with Gasteiger partial charge in [0.15, 0.2) is 0 Å². The van der Waals surface area contributed by atoms with Gasteiger partial charge in [-0.15, -0.1) is 0 Å². The maximum atomic E-state index is 12.1. The third-order valence-electron chi connectivity index (χ3n) is 3.15. The van der Waals surface area contributed by atoms with Gasteiger partial charge >= 0.3 is 12.0 Å². The number of likely N-dealkylation sites (N-methyl/N-ethyl adjacent to an activating group) is 1. The van der Waals surface area contributed by atoms with Crippen molar-refractivity contribution in [1.29, 1.82) is 0 Å². The first-order valence-electron chi connectivity index (χ1n) is 6.33. The van der Waals surface area contributed by atoms with Crippen LogP contribution in [-0.4, -0.2) is 34.1 Å². The van der Waals surface area contributed by atoms with Crippen LogP contribution < -0.4 is 5.32 Å². The summed E-state index contributed by atoms with van der Waals surface area (Å²) in [6.07, 6.45) is 0. The fourth-order valence-corrected chi connectivity index (χ4v) is 2.02. The molecule has 2 amide bonds. The monoisotopic (exact) mass is 298 g/mol. The van der Waals surface area contributed by atoms with Crippen molar-refractivity contribution in [3.8, 4) is 0 Å². The quantitative estimate of drug-likeness (QED) is 0.878. The number of carbonyl (C=O) groups is 2. The van der Waals surface area contributed by atoms with Crippen molar-refractivity contribution in [2.45, 2.75) is 32.9 Å². The van der Waals surface area contributed by atoms with E-state index in [4.69, 9.17) is 11.6 Å². The molecule has 5 nitrogen and oxygen atoms in total. The van der Waals surface area contributed by atoms with Crippen LogP contribution in [-0.2, 0) is 11.3 Å². The zero-order chi connectivity index (χ0) is 15.3. The van der Waals surface area contributed by atoms with Crippen molar-refractivity contribution in [2.75, 3.05) is 6.54 Å². The minimum absolute atomic E-state index is 0.255. The number of carbonyl (C=O) groups excluding carboxylic acids is 1. The molecule has 1 aromatic rings. The van der Waals surface area contributed by atoms with Crippen LogP contribution in [0.3, 0.4) is 0 Å². The van der Waals surface area contributed by atoms with Gasteiger partial charge in [-0.3, -0.25) is 0 Å². The van der Waals surface area contributed by atoms with Crippen molar-refractivity contribution in [3.05, 3.63) is 34.9 Å². The highest BCUT2D eigenvalue weighted by atomic mass is 35.5. The van der Waals surface area contributed by atoms with Gasteiger partial charge in [0.25, 0.3) is 0 Å². The van der Waals surface area contributed by atoms with Crippen LogP contribution in [0.1, 0.15) is 26.3 Å². The molecule has 6 heteroatoms. The number of hydrogen-bond donors (Lipinski definition) is 2. The van der Waals surface area contributed by atoms with Crippen molar-refractivity contribution in [3.63, 3.8) is 0 Å². The maximum absolute atomic E-state index is 12.1. The van der Waals surface area contributed by atoms with Gasteiger partial charge in [-0.1, -0.05) is 29.8 Å². The molecular weight excluding hydrogens is 280 g/mol. The minimum atomic E-state index is -1.26. The zero-order valence-corrected chi connectivity index (χ0v) is 12.6. The molecular formula is C14H19ClN2O3. The summed E-state index contributed by atoms with van der Waals surface area (Å²) in [7, 11) is 0. The molecule has 0 saturated heterocycles. The van der Waals surface area contributed by atoms with Crippen molar-refractivity contribution in [2.24, 2.45) is 0 Å². The van der Waals surface area contributed by atoms with Crippen molar-refractivity contribution >= 4 is 23.6 Å². The second-order valence-corrected chi connectivity index (χ2v) is 5.27. The molecule has 1 rings (SSSR count). The summed E-state index contributed by atoms with van der Waals surface area (Å²) in [4.78, 5) is 24.6. The molecule has 0 fully saturated rings. The molecule has 0 aliphatic heterocycles. The highest BCUT2D eigenvalue weighted by Gasteiger charge is 2.36. The fourth-order valence-electron chi connectivity index (χ4n) is 1.82. The Morgan fingerprint density at radius 2 is 1.95 bits per heavy atom. The number of urea groups is 1. The summed E-state index contributed by atoms with van der Waals surface area (Å²) >= 11 is 6.00. The number of halogens is 1. The van der Waals surface area contributed by atoms with E-state index in [0.717, 1.165) is 5.56 Å². The Kier molecular flexibility index (Phi) is 5.39. The summed E-state index contributed by atoms with van der Waals surface area (Å²) in [6, 6.07) is 6.74. The molecule has 0 bridgehead atoms. The normalized spacial score (nSPS) is 11.0. The molecule has 0 heterocycles. The van der Waals surface area contributed by atoms with E-state index in [9.17, 15) is 14.7 Å². The van der Waals surface area contributed by atoms with E-state index in [1.165, 1.54) is 18.7 Å². The lowest BCUT2D eigenvalue weighted by atomic mass is 10.0. The van der Waals surface area contributed by atoms with E-state index in [0.29, 0.717) is 11.6 Å². The lowest BCUT2D eigenvalue weighted by molar-refractivity contribution is -0.147. The van der Waals surface area contributed by atoms with E-state index in [2.05, 4.69) is 5.32 Å². The van der Waals surface area contributed by atoms with Crippen molar-refractivity contribution < 1.29 is 14.7 Å². The second-order valence-electron chi connectivity index (χ2n) is 4.86. The summed E-state index contributed by atoms with van der Waals surface area (Å²) in [5.74, 6) is -1.05. The Balaban J connectivity index is 2.75. The Bertz CT molecular complexity index is 503. The van der Waals surface area contributed by atoms with Crippen LogP contribution in [0.2, 0.25) is 5.02 Å². The number of rotatable bonds is 5. The minimum Gasteiger partial charge on any atom is -0.480 e. The van der Waals surface area contributed by atoms with Gasteiger partial charge in [0, 0.05) is 18.1 Å². The molecule has 0 aromatic heterocycles. The third-order valence-corrected chi connectivity index (χ3v) is 3.52. The Morgan fingerprint density at radius 1 is 1.35 bits per heavy atom. The van der Waals surface area contributed by atoms with Gasteiger partial charge in [-0.05, 0) is 32.4 Å². The van der Waals surface area contributed by atoms with Gasteiger partial charge in [0.05, 0.1) is 0 Å². The van der Waals surface area contributed by atoms with Crippen LogP contribution in [0, 0.1) is 0 Å². The Hall–Kier alpha value is -1.75.